The summed E-state index contributed by atoms with van der Waals surface area (Å²) < 4.78 is 0.880. The average molecular weight is 387 g/mol. The molecule has 6 heteroatoms. The molecular weight excluding hydrogens is 370 g/mol. The van der Waals surface area contributed by atoms with Crippen LogP contribution in [0.5, 0.6) is 0 Å². The van der Waals surface area contributed by atoms with Gasteiger partial charge in [0.15, 0.2) is 5.13 Å². The van der Waals surface area contributed by atoms with Gasteiger partial charge in [-0.15, -0.1) is 0 Å². The third-order valence-corrected chi connectivity index (χ3v) is 5.15. The van der Waals surface area contributed by atoms with Gasteiger partial charge in [-0.3, -0.25) is 14.9 Å². The van der Waals surface area contributed by atoms with Crippen molar-refractivity contribution < 1.29 is 9.59 Å². The van der Waals surface area contributed by atoms with Crippen LogP contribution in [0.3, 0.4) is 0 Å². The number of thiazole rings is 1. The highest BCUT2D eigenvalue weighted by Crippen LogP contribution is 2.29. The first-order chi connectivity index (χ1) is 13.6. The average Bonchev–Trinajstić information content (AvgIpc) is 3.10. The number of nitrogens with one attached hydrogen (secondary N) is 2. The van der Waals surface area contributed by atoms with E-state index in [2.05, 4.69) is 15.6 Å². The van der Waals surface area contributed by atoms with Crippen molar-refractivity contribution in [1.82, 2.24) is 4.98 Å². The topological polar surface area (TPSA) is 71.1 Å². The lowest BCUT2D eigenvalue weighted by atomic mass is 10.1. The van der Waals surface area contributed by atoms with E-state index in [1.54, 1.807) is 30.3 Å². The molecule has 2 amide bonds. The van der Waals surface area contributed by atoms with Gasteiger partial charge in [0, 0.05) is 16.8 Å². The summed E-state index contributed by atoms with van der Waals surface area (Å²) in [5.74, 6) is -0.367. The SMILES string of the molecule is Cc1ccc(C(=O)Nc2ccc3nc(NC(=O)c4ccccc4)sc3c2)cc1. The highest BCUT2D eigenvalue weighted by molar-refractivity contribution is 7.22. The van der Waals surface area contributed by atoms with Crippen LogP contribution in [0.25, 0.3) is 10.2 Å². The van der Waals surface area contributed by atoms with Crippen LogP contribution in [0, 0.1) is 6.92 Å². The number of amides is 2. The number of benzene rings is 3. The van der Waals surface area contributed by atoms with Gasteiger partial charge in [-0.05, 0) is 49.4 Å². The van der Waals surface area contributed by atoms with Crippen LogP contribution in [0.15, 0.2) is 72.8 Å². The number of rotatable bonds is 4. The Morgan fingerprint density at radius 2 is 1.50 bits per heavy atom. The molecule has 0 saturated carbocycles. The van der Waals surface area contributed by atoms with Gasteiger partial charge in [-0.2, -0.15) is 0 Å². The van der Waals surface area contributed by atoms with Crippen LogP contribution in [0.2, 0.25) is 0 Å². The van der Waals surface area contributed by atoms with Crippen LogP contribution in [-0.4, -0.2) is 16.8 Å². The normalized spacial score (nSPS) is 10.6. The number of hydrogen-bond acceptors (Lipinski definition) is 4. The Hall–Kier alpha value is -3.51. The van der Waals surface area contributed by atoms with Gasteiger partial charge in [0.05, 0.1) is 10.2 Å². The number of aromatic nitrogens is 1. The maximum Gasteiger partial charge on any atom is 0.257 e. The molecule has 0 aliphatic carbocycles. The number of hydrogen-bond donors (Lipinski definition) is 2. The molecule has 2 N–H and O–H groups in total. The van der Waals surface area contributed by atoms with Gasteiger partial charge in [-0.1, -0.05) is 47.2 Å². The molecule has 4 aromatic rings. The summed E-state index contributed by atoms with van der Waals surface area (Å²) in [7, 11) is 0. The predicted octanol–water partition coefficient (Wildman–Crippen LogP) is 5.11. The minimum absolute atomic E-state index is 0.165. The smallest absolute Gasteiger partial charge is 0.257 e. The van der Waals surface area contributed by atoms with Crippen LogP contribution in [0.1, 0.15) is 26.3 Å². The molecule has 0 aliphatic rings. The maximum absolute atomic E-state index is 12.4. The Bertz CT molecular complexity index is 1150. The molecule has 0 unspecified atom stereocenters. The molecule has 1 heterocycles. The van der Waals surface area contributed by atoms with Crippen molar-refractivity contribution in [2.75, 3.05) is 10.6 Å². The minimum Gasteiger partial charge on any atom is -0.322 e. The molecule has 0 spiro atoms. The van der Waals surface area contributed by atoms with Gasteiger partial charge >= 0.3 is 0 Å². The molecule has 0 atom stereocenters. The summed E-state index contributed by atoms with van der Waals surface area (Å²) in [6, 6.07) is 21.9. The summed E-state index contributed by atoms with van der Waals surface area (Å²) in [5, 5.41) is 6.24. The van der Waals surface area contributed by atoms with Crippen LogP contribution < -0.4 is 10.6 Å². The molecule has 0 fully saturated rings. The number of anilines is 2. The predicted molar refractivity (Wildman–Crippen MR) is 113 cm³/mol. The van der Waals surface area contributed by atoms with Gasteiger partial charge in [0.2, 0.25) is 0 Å². The molecule has 0 bridgehead atoms. The molecule has 5 nitrogen and oxygen atoms in total. The van der Waals surface area contributed by atoms with Crippen molar-refractivity contribution in [2.45, 2.75) is 6.92 Å². The van der Waals surface area contributed by atoms with E-state index < -0.39 is 0 Å². The van der Waals surface area contributed by atoms with E-state index in [0.29, 0.717) is 21.9 Å². The van der Waals surface area contributed by atoms with E-state index in [0.717, 1.165) is 15.8 Å². The van der Waals surface area contributed by atoms with Gasteiger partial charge in [-0.25, -0.2) is 4.98 Å². The third-order valence-electron chi connectivity index (χ3n) is 4.22. The van der Waals surface area contributed by atoms with E-state index in [4.69, 9.17) is 0 Å². The molecule has 0 radical (unpaired) electrons. The fourth-order valence-electron chi connectivity index (χ4n) is 2.72. The standard InChI is InChI=1S/C22H17N3O2S/c1-14-7-9-16(10-8-14)20(26)23-17-11-12-18-19(13-17)28-22(24-18)25-21(27)15-5-3-2-4-6-15/h2-13H,1H3,(H,23,26)(H,24,25,27). The van der Waals surface area contributed by atoms with Gasteiger partial charge in [0.25, 0.3) is 11.8 Å². The lowest BCUT2D eigenvalue weighted by molar-refractivity contribution is 0.101. The molecular formula is C22H17N3O2S. The second-order valence-corrected chi connectivity index (χ2v) is 7.37. The molecule has 28 heavy (non-hydrogen) atoms. The zero-order valence-corrected chi connectivity index (χ0v) is 15.9. The van der Waals surface area contributed by atoms with Gasteiger partial charge in [0.1, 0.15) is 0 Å². The number of aryl methyl sites for hydroxylation is 1. The fraction of sp³-hybridized carbons (Fsp3) is 0.0455. The summed E-state index contributed by atoms with van der Waals surface area (Å²) in [4.78, 5) is 29.1. The van der Waals surface area contributed by atoms with Crippen molar-refractivity contribution >= 4 is 44.2 Å². The van der Waals surface area contributed by atoms with E-state index in [1.165, 1.54) is 11.3 Å². The first-order valence-electron chi connectivity index (χ1n) is 8.73. The number of fused-ring (bicyclic) bond motifs is 1. The Kier molecular flexibility index (Phi) is 4.87. The second kappa shape index (κ2) is 7.62. The Labute approximate surface area is 166 Å². The van der Waals surface area contributed by atoms with Crippen molar-refractivity contribution in [2.24, 2.45) is 0 Å². The maximum atomic E-state index is 12.4. The van der Waals surface area contributed by atoms with Crippen molar-refractivity contribution in [3.8, 4) is 0 Å². The third kappa shape index (κ3) is 3.92. The first-order valence-corrected chi connectivity index (χ1v) is 9.55. The summed E-state index contributed by atoms with van der Waals surface area (Å²) >= 11 is 1.36. The highest BCUT2D eigenvalue weighted by Gasteiger charge is 2.11. The quantitative estimate of drug-likeness (QED) is 0.511. The molecule has 1 aromatic heterocycles. The monoisotopic (exact) mass is 387 g/mol. The number of carbonyl (C=O) groups is 2. The van der Waals surface area contributed by atoms with Crippen molar-refractivity contribution in [3.05, 3.63) is 89.5 Å². The zero-order chi connectivity index (χ0) is 19.5. The van der Waals surface area contributed by atoms with E-state index >= 15 is 0 Å². The Balaban J connectivity index is 1.51. The zero-order valence-electron chi connectivity index (χ0n) is 15.1. The van der Waals surface area contributed by atoms with Crippen molar-refractivity contribution in [3.63, 3.8) is 0 Å². The van der Waals surface area contributed by atoms with Gasteiger partial charge < -0.3 is 5.32 Å². The number of nitrogens with zero attached hydrogens (tertiary/aromatic N) is 1. The molecule has 138 valence electrons. The Morgan fingerprint density at radius 1 is 0.821 bits per heavy atom. The van der Waals surface area contributed by atoms with E-state index in [9.17, 15) is 9.59 Å². The Morgan fingerprint density at radius 3 is 2.25 bits per heavy atom. The summed E-state index contributed by atoms with van der Waals surface area (Å²) in [5.41, 5.74) is 3.73. The van der Waals surface area contributed by atoms with Crippen molar-refractivity contribution in [1.29, 1.82) is 0 Å². The van der Waals surface area contributed by atoms with Crippen LogP contribution in [-0.2, 0) is 0 Å². The molecule has 0 aliphatic heterocycles. The fourth-order valence-corrected chi connectivity index (χ4v) is 3.62. The number of carbonyl (C=O) groups excluding carboxylic acids is 2. The van der Waals surface area contributed by atoms with Crippen LogP contribution >= 0.6 is 11.3 Å². The largest absolute Gasteiger partial charge is 0.322 e. The van der Waals surface area contributed by atoms with Crippen LogP contribution in [0.4, 0.5) is 10.8 Å². The molecule has 3 aromatic carbocycles. The van der Waals surface area contributed by atoms with E-state index in [-0.39, 0.29) is 11.8 Å². The summed E-state index contributed by atoms with van der Waals surface area (Å²) in [6.45, 7) is 1.98. The minimum atomic E-state index is -0.201. The first kappa shape index (κ1) is 17.9. The lowest BCUT2D eigenvalue weighted by Crippen LogP contribution is -2.11. The molecule has 4 rings (SSSR count). The highest BCUT2D eigenvalue weighted by atomic mass is 32.1. The lowest BCUT2D eigenvalue weighted by Gasteiger charge is -2.05. The molecule has 0 saturated heterocycles. The van der Waals surface area contributed by atoms with E-state index in [1.807, 2.05) is 49.4 Å². The second-order valence-electron chi connectivity index (χ2n) is 6.34. The summed E-state index contributed by atoms with van der Waals surface area (Å²) in [6.07, 6.45) is 0.